The summed E-state index contributed by atoms with van der Waals surface area (Å²) in [4.78, 5) is 37.7. The first-order chi connectivity index (χ1) is 19.4. The minimum absolute atomic E-state index is 0.00425. The van der Waals surface area contributed by atoms with Gasteiger partial charge in [0.05, 0.1) is 46.2 Å². The number of nitrogens with one attached hydrogen (secondary N) is 2. The number of hydrogen-bond acceptors (Lipinski definition) is 7. The summed E-state index contributed by atoms with van der Waals surface area (Å²) in [7, 11) is 0. The molecule has 1 amide bonds. The molecule has 2 aliphatic heterocycles. The first-order valence-corrected chi connectivity index (χ1v) is 13.1. The smallest absolute Gasteiger partial charge is 0.252 e. The van der Waals surface area contributed by atoms with Crippen molar-refractivity contribution in [1.29, 1.82) is 0 Å². The number of carbonyl (C=O) groups excluding carboxylic acids is 1. The van der Waals surface area contributed by atoms with Crippen LogP contribution in [0.5, 0.6) is 0 Å². The Bertz CT molecular complexity index is 1860. The van der Waals surface area contributed by atoms with Crippen LogP contribution in [-0.2, 0) is 11.2 Å². The lowest BCUT2D eigenvalue weighted by Gasteiger charge is -2.16. The molecule has 1 aromatic carbocycles. The van der Waals surface area contributed by atoms with Crippen molar-refractivity contribution in [2.75, 3.05) is 5.32 Å². The van der Waals surface area contributed by atoms with Gasteiger partial charge in [-0.15, -0.1) is 5.10 Å². The number of pyridine rings is 2. The number of tetrazole rings is 1. The van der Waals surface area contributed by atoms with Crippen LogP contribution in [0.4, 0.5) is 10.1 Å². The molecule has 0 aliphatic carbocycles. The van der Waals surface area contributed by atoms with Gasteiger partial charge in [-0.2, -0.15) is 4.68 Å². The monoisotopic (exact) mass is 557 g/mol. The number of benzene rings is 1. The van der Waals surface area contributed by atoms with Gasteiger partial charge in [0.2, 0.25) is 5.91 Å². The lowest BCUT2D eigenvalue weighted by atomic mass is 9.99. The molecule has 2 N–H and O–H groups in total. The molecular weight excluding hydrogens is 537 g/mol. The first-order valence-electron chi connectivity index (χ1n) is 12.7. The number of halogens is 2. The summed E-state index contributed by atoms with van der Waals surface area (Å²) in [6, 6.07) is 7.87. The normalized spacial score (nSPS) is 17.9. The van der Waals surface area contributed by atoms with Crippen LogP contribution in [0, 0.1) is 5.82 Å². The number of hydrogen-bond donors (Lipinski definition) is 2. The van der Waals surface area contributed by atoms with Gasteiger partial charge in [-0.1, -0.05) is 18.5 Å². The maximum Gasteiger partial charge on any atom is 0.252 e. The van der Waals surface area contributed by atoms with Crippen molar-refractivity contribution in [3.8, 4) is 28.2 Å². The standard InChI is InChI=1S/C27H21ClFN9O2/c1-13-6-22(27-31-11-19(34-27)17-7-14-2-5-23(39)33-18(14)10-30-17)38-21(13)8-15(9-24(38)40)25-20(37-12-32-35-36-37)4-3-16(28)26(25)29/h3-4,7-13,22H,2,5-6H2,1H3,(H,31,34)(H,33,39)/t13-,22-/m0/s1. The molecule has 0 spiro atoms. The van der Waals surface area contributed by atoms with Crippen LogP contribution in [0.1, 0.15) is 48.8 Å². The maximum absolute atomic E-state index is 15.4. The summed E-state index contributed by atoms with van der Waals surface area (Å²) in [5.74, 6) is -0.0470. The van der Waals surface area contributed by atoms with Crippen molar-refractivity contribution in [1.82, 2.24) is 39.7 Å². The van der Waals surface area contributed by atoms with E-state index in [1.807, 2.05) is 19.1 Å². The molecule has 0 unspecified atom stereocenters. The lowest BCUT2D eigenvalue weighted by Crippen LogP contribution is -2.24. The third-order valence-electron chi connectivity index (χ3n) is 7.52. The molecule has 4 aromatic heterocycles. The van der Waals surface area contributed by atoms with Crippen LogP contribution < -0.4 is 10.9 Å². The largest absolute Gasteiger partial charge is 0.339 e. The molecule has 0 saturated heterocycles. The minimum Gasteiger partial charge on any atom is -0.339 e. The fraction of sp³-hybridized carbons (Fsp3) is 0.222. The van der Waals surface area contributed by atoms with Crippen molar-refractivity contribution in [2.45, 2.75) is 38.1 Å². The predicted octanol–water partition coefficient (Wildman–Crippen LogP) is 4.05. The van der Waals surface area contributed by atoms with Crippen molar-refractivity contribution < 1.29 is 9.18 Å². The molecule has 2 atom stereocenters. The van der Waals surface area contributed by atoms with Crippen molar-refractivity contribution in [3.63, 3.8) is 0 Å². The van der Waals surface area contributed by atoms with Gasteiger partial charge in [-0.05, 0) is 64.6 Å². The van der Waals surface area contributed by atoms with Crippen LogP contribution in [0.15, 0.2) is 53.8 Å². The van der Waals surface area contributed by atoms with E-state index in [2.05, 4.69) is 35.8 Å². The number of fused-ring (bicyclic) bond motifs is 2. The average Bonchev–Trinajstić information content (AvgIpc) is 3.71. The number of rotatable bonds is 4. The highest BCUT2D eigenvalue weighted by Gasteiger charge is 2.33. The van der Waals surface area contributed by atoms with Gasteiger partial charge in [0.15, 0.2) is 5.82 Å². The molecule has 7 rings (SSSR count). The van der Waals surface area contributed by atoms with Gasteiger partial charge in [0.25, 0.3) is 5.56 Å². The van der Waals surface area contributed by atoms with E-state index in [9.17, 15) is 9.59 Å². The number of amides is 1. The highest BCUT2D eigenvalue weighted by atomic mass is 35.5. The average molecular weight is 558 g/mol. The Morgan fingerprint density at radius 1 is 1.10 bits per heavy atom. The number of carbonyl (C=O) groups is 1. The Morgan fingerprint density at radius 2 is 1.98 bits per heavy atom. The van der Waals surface area contributed by atoms with Crippen molar-refractivity contribution >= 4 is 23.2 Å². The molecule has 13 heteroatoms. The number of H-pyrrole nitrogens is 1. The zero-order valence-corrected chi connectivity index (χ0v) is 21.9. The Balaban J connectivity index is 1.27. The van der Waals surface area contributed by atoms with Crippen molar-refractivity contribution in [2.24, 2.45) is 0 Å². The summed E-state index contributed by atoms with van der Waals surface area (Å²) >= 11 is 6.13. The van der Waals surface area contributed by atoms with E-state index >= 15 is 4.39 Å². The van der Waals surface area contributed by atoms with Crippen LogP contribution in [0.2, 0.25) is 5.02 Å². The molecule has 5 aromatic rings. The zero-order chi connectivity index (χ0) is 27.5. The molecule has 0 radical (unpaired) electrons. The number of aromatic nitrogens is 8. The highest BCUT2D eigenvalue weighted by molar-refractivity contribution is 6.31. The Kier molecular flexibility index (Phi) is 5.59. The van der Waals surface area contributed by atoms with E-state index in [4.69, 9.17) is 11.6 Å². The van der Waals surface area contributed by atoms with Gasteiger partial charge in [-0.3, -0.25) is 14.6 Å². The second kappa shape index (κ2) is 9.19. The number of aryl methyl sites for hydroxylation is 1. The van der Waals surface area contributed by atoms with Gasteiger partial charge in [-0.25, -0.2) is 9.37 Å². The van der Waals surface area contributed by atoms with Crippen LogP contribution in [-0.4, -0.2) is 45.6 Å². The Hall–Kier alpha value is -4.71. The van der Waals surface area contributed by atoms with E-state index in [1.165, 1.54) is 23.1 Å². The van der Waals surface area contributed by atoms with E-state index in [-0.39, 0.29) is 34.0 Å². The maximum atomic E-state index is 15.4. The van der Waals surface area contributed by atoms with Crippen LogP contribution >= 0.6 is 11.6 Å². The molecule has 6 heterocycles. The lowest BCUT2D eigenvalue weighted by molar-refractivity contribution is -0.116. The topological polar surface area (TPSA) is 136 Å². The zero-order valence-electron chi connectivity index (χ0n) is 21.1. The predicted molar refractivity (Wildman–Crippen MR) is 144 cm³/mol. The number of imidazole rings is 1. The van der Waals surface area contributed by atoms with Crippen LogP contribution in [0.3, 0.4) is 0 Å². The molecule has 2 aliphatic rings. The SMILES string of the molecule is C[C@H]1C[C@@H](c2ncc(-c3cc4c(cn3)NC(=O)CC4)[nH]2)n2c1cc(-c1c(-n3cnnn3)ccc(Cl)c1F)cc2=O. The van der Waals surface area contributed by atoms with Crippen molar-refractivity contribution in [3.05, 3.63) is 87.3 Å². The van der Waals surface area contributed by atoms with Gasteiger partial charge < -0.3 is 14.9 Å². The second-order valence-corrected chi connectivity index (χ2v) is 10.4. The summed E-state index contributed by atoms with van der Waals surface area (Å²) in [5.41, 5.74) is 4.52. The molecular formula is C27H21ClFN9O2. The van der Waals surface area contributed by atoms with E-state index in [0.29, 0.717) is 47.7 Å². The highest BCUT2D eigenvalue weighted by Crippen LogP contribution is 2.41. The molecule has 200 valence electrons. The van der Waals surface area contributed by atoms with E-state index in [0.717, 1.165) is 16.9 Å². The summed E-state index contributed by atoms with van der Waals surface area (Å²) in [6.45, 7) is 2.02. The minimum atomic E-state index is -0.658. The summed E-state index contributed by atoms with van der Waals surface area (Å²) < 4.78 is 18.4. The second-order valence-electron chi connectivity index (χ2n) is 10.00. The van der Waals surface area contributed by atoms with Crippen LogP contribution in [0.25, 0.3) is 28.2 Å². The van der Waals surface area contributed by atoms with Gasteiger partial charge in [0.1, 0.15) is 12.2 Å². The Morgan fingerprint density at radius 3 is 2.80 bits per heavy atom. The number of aromatic amines is 1. The third-order valence-corrected chi connectivity index (χ3v) is 7.81. The van der Waals surface area contributed by atoms with Gasteiger partial charge >= 0.3 is 0 Å². The quantitative estimate of drug-likeness (QED) is 0.340. The summed E-state index contributed by atoms with van der Waals surface area (Å²) in [6.07, 6.45) is 6.42. The third kappa shape index (κ3) is 3.90. The number of anilines is 1. The fourth-order valence-corrected chi connectivity index (χ4v) is 5.75. The molecule has 0 saturated carbocycles. The van der Waals surface area contributed by atoms with Gasteiger partial charge in [0, 0.05) is 23.7 Å². The fourth-order valence-electron chi connectivity index (χ4n) is 5.59. The first kappa shape index (κ1) is 24.3. The molecule has 0 bridgehead atoms. The number of nitrogens with zero attached hydrogens (tertiary/aromatic N) is 7. The Labute approximate surface area is 231 Å². The molecule has 11 nitrogen and oxygen atoms in total. The molecule has 0 fully saturated rings. The molecule has 40 heavy (non-hydrogen) atoms. The van der Waals surface area contributed by atoms with E-state index in [1.54, 1.807) is 23.0 Å². The summed E-state index contributed by atoms with van der Waals surface area (Å²) in [5, 5.41) is 13.9. The van der Waals surface area contributed by atoms with E-state index < -0.39 is 5.82 Å².